The Bertz CT molecular complexity index is 429. The number of carbonyl (C=O) groups excluding carboxylic acids is 2. The van der Waals surface area contributed by atoms with Gasteiger partial charge in [-0.15, -0.1) is 0 Å². The van der Waals surface area contributed by atoms with E-state index in [-0.39, 0.29) is 5.75 Å². The zero-order valence-electron chi connectivity index (χ0n) is 7.91. The maximum absolute atomic E-state index is 11.3. The predicted molar refractivity (Wildman–Crippen MR) is 58.6 cm³/mol. The molecule has 0 radical (unpaired) electrons. The average Bonchev–Trinajstić information content (AvgIpc) is 2.19. The van der Waals surface area contributed by atoms with Crippen molar-refractivity contribution in [2.24, 2.45) is 0 Å². The molecular formula is C10H8BrNO3. The smallest absolute Gasteiger partial charge is 0.308 e. The van der Waals surface area contributed by atoms with Crippen LogP contribution in [-0.2, 0) is 4.79 Å². The maximum atomic E-state index is 11.3. The van der Waals surface area contributed by atoms with Gasteiger partial charge >= 0.3 is 5.97 Å². The van der Waals surface area contributed by atoms with Gasteiger partial charge in [0.2, 0.25) is 5.78 Å². The number of esters is 1. The van der Waals surface area contributed by atoms with Crippen molar-refractivity contribution in [3.05, 3.63) is 28.2 Å². The molecule has 0 heterocycles. The lowest BCUT2D eigenvalue weighted by Crippen LogP contribution is -2.04. The molecular weight excluding hydrogens is 262 g/mol. The van der Waals surface area contributed by atoms with Crippen molar-refractivity contribution in [2.45, 2.75) is 6.92 Å². The van der Waals surface area contributed by atoms with Crippen LogP contribution < -0.4 is 4.74 Å². The van der Waals surface area contributed by atoms with E-state index in [4.69, 9.17) is 10.1 Å². The van der Waals surface area contributed by atoms with Crippen LogP contribution in [0.4, 0.5) is 0 Å². The van der Waals surface area contributed by atoms with Crippen LogP contribution in [0.1, 0.15) is 17.3 Å². The van der Waals surface area contributed by atoms with Gasteiger partial charge in [0.1, 0.15) is 5.75 Å². The highest BCUT2D eigenvalue weighted by Crippen LogP contribution is 2.22. The molecule has 0 aliphatic rings. The van der Waals surface area contributed by atoms with E-state index in [1.807, 2.05) is 0 Å². The van der Waals surface area contributed by atoms with Gasteiger partial charge in [0.25, 0.3) is 0 Å². The number of Topliss-reactive ketones (excluding diaryl/α,β-unsaturated/α-hetero) is 1. The normalized spacial score (nSPS) is 9.47. The molecule has 1 aromatic rings. The van der Waals surface area contributed by atoms with Gasteiger partial charge in [-0.25, -0.2) is 0 Å². The summed E-state index contributed by atoms with van der Waals surface area (Å²) in [7, 11) is 0. The largest absolute Gasteiger partial charge is 0.427 e. The number of carbonyl (C=O) groups is 2. The van der Waals surface area contributed by atoms with E-state index in [1.54, 1.807) is 12.1 Å². The van der Waals surface area contributed by atoms with E-state index in [1.165, 1.54) is 13.0 Å². The Kier molecular flexibility index (Phi) is 3.74. The molecule has 15 heavy (non-hydrogen) atoms. The highest BCUT2D eigenvalue weighted by molar-refractivity contribution is 9.10. The third kappa shape index (κ3) is 2.99. The zero-order valence-corrected chi connectivity index (χ0v) is 9.50. The van der Waals surface area contributed by atoms with Crippen LogP contribution in [0.2, 0.25) is 0 Å². The summed E-state index contributed by atoms with van der Waals surface area (Å²) in [4.78, 5) is 21.9. The fourth-order valence-corrected chi connectivity index (χ4v) is 1.44. The Morgan fingerprint density at radius 1 is 1.47 bits per heavy atom. The lowest BCUT2D eigenvalue weighted by atomic mass is 10.1. The molecule has 0 saturated heterocycles. The maximum Gasteiger partial charge on any atom is 0.308 e. The number of benzene rings is 1. The third-order valence-electron chi connectivity index (χ3n) is 1.60. The van der Waals surface area contributed by atoms with E-state index >= 15 is 0 Å². The number of halogens is 1. The first kappa shape index (κ1) is 11.6. The Morgan fingerprint density at radius 3 is 2.67 bits per heavy atom. The first-order chi connectivity index (χ1) is 7.04. The number of nitrogens with one attached hydrogen (secondary N) is 1. The predicted octanol–water partition coefficient (Wildman–Crippen LogP) is 2.21. The van der Waals surface area contributed by atoms with Gasteiger partial charge in [0, 0.05) is 17.0 Å². The second-order valence-electron chi connectivity index (χ2n) is 2.74. The summed E-state index contributed by atoms with van der Waals surface area (Å²) in [5.41, 5.74) is 0.295. The molecule has 1 rings (SSSR count). The molecule has 4 nitrogen and oxygen atoms in total. The molecule has 0 aliphatic carbocycles. The SMILES string of the molecule is CC(=O)Oc1ccc(Br)c(C(=O)C=N)c1. The van der Waals surface area contributed by atoms with E-state index in [0.717, 1.165) is 0 Å². The van der Waals surface area contributed by atoms with Crippen molar-refractivity contribution in [1.29, 1.82) is 5.41 Å². The number of ether oxygens (including phenoxy) is 1. The van der Waals surface area contributed by atoms with Crippen molar-refractivity contribution in [3.63, 3.8) is 0 Å². The van der Waals surface area contributed by atoms with Gasteiger partial charge in [0.15, 0.2) is 0 Å². The molecule has 0 atom stereocenters. The van der Waals surface area contributed by atoms with Crippen molar-refractivity contribution >= 4 is 33.9 Å². The Morgan fingerprint density at radius 2 is 2.13 bits per heavy atom. The number of hydrogen-bond acceptors (Lipinski definition) is 4. The minimum atomic E-state index is -0.453. The second kappa shape index (κ2) is 4.84. The Hall–Kier alpha value is -1.49. The number of rotatable bonds is 3. The first-order valence-corrected chi connectivity index (χ1v) is 4.86. The average molecular weight is 270 g/mol. The highest BCUT2D eigenvalue weighted by atomic mass is 79.9. The summed E-state index contributed by atoms with van der Waals surface area (Å²) in [6, 6.07) is 4.57. The van der Waals surface area contributed by atoms with Crippen molar-refractivity contribution in [1.82, 2.24) is 0 Å². The van der Waals surface area contributed by atoms with E-state index in [0.29, 0.717) is 16.3 Å². The molecule has 78 valence electrons. The lowest BCUT2D eigenvalue weighted by Gasteiger charge is -2.04. The second-order valence-corrected chi connectivity index (χ2v) is 3.60. The molecule has 0 spiro atoms. The van der Waals surface area contributed by atoms with Gasteiger partial charge in [0.05, 0.1) is 6.21 Å². The standard InChI is InChI=1S/C10H8BrNO3/c1-6(13)15-7-2-3-9(11)8(4-7)10(14)5-12/h2-5,12H,1H3. The minimum absolute atomic E-state index is 0.288. The van der Waals surface area contributed by atoms with Crippen LogP contribution in [-0.4, -0.2) is 18.0 Å². The summed E-state index contributed by atoms with van der Waals surface area (Å²) >= 11 is 3.17. The highest BCUT2D eigenvalue weighted by Gasteiger charge is 2.09. The summed E-state index contributed by atoms with van der Waals surface area (Å²) < 4.78 is 5.38. The van der Waals surface area contributed by atoms with E-state index < -0.39 is 11.8 Å². The molecule has 0 aromatic heterocycles. The molecule has 0 aliphatic heterocycles. The fraction of sp³-hybridized carbons (Fsp3) is 0.100. The van der Waals surface area contributed by atoms with Gasteiger partial charge in [-0.3, -0.25) is 9.59 Å². The topological polar surface area (TPSA) is 67.2 Å². The summed E-state index contributed by atoms with van der Waals surface area (Å²) in [5, 5.41) is 6.85. The molecule has 0 bridgehead atoms. The monoisotopic (exact) mass is 269 g/mol. The van der Waals surface area contributed by atoms with Crippen LogP contribution >= 0.6 is 15.9 Å². The van der Waals surface area contributed by atoms with Crippen LogP contribution in [0.15, 0.2) is 22.7 Å². The van der Waals surface area contributed by atoms with Gasteiger partial charge < -0.3 is 10.1 Å². The molecule has 5 heteroatoms. The molecule has 0 fully saturated rings. The third-order valence-corrected chi connectivity index (χ3v) is 2.29. The summed E-state index contributed by atoms with van der Waals surface area (Å²) in [6.07, 6.45) is 0.706. The van der Waals surface area contributed by atoms with Crippen molar-refractivity contribution < 1.29 is 14.3 Å². The molecule has 0 unspecified atom stereocenters. The minimum Gasteiger partial charge on any atom is -0.427 e. The Balaban J connectivity index is 3.10. The molecule has 1 aromatic carbocycles. The van der Waals surface area contributed by atoms with Crippen LogP contribution in [0, 0.1) is 5.41 Å². The van der Waals surface area contributed by atoms with Gasteiger partial charge in [-0.1, -0.05) is 15.9 Å². The summed E-state index contributed by atoms with van der Waals surface area (Å²) in [5.74, 6) is -0.614. The van der Waals surface area contributed by atoms with Crippen LogP contribution in [0.25, 0.3) is 0 Å². The number of ketones is 1. The van der Waals surface area contributed by atoms with Crippen LogP contribution in [0.3, 0.4) is 0 Å². The van der Waals surface area contributed by atoms with Gasteiger partial charge in [-0.05, 0) is 18.2 Å². The summed E-state index contributed by atoms with van der Waals surface area (Å²) in [6.45, 7) is 1.28. The van der Waals surface area contributed by atoms with Crippen LogP contribution in [0.5, 0.6) is 5.75 Å². The molecule has 0 saturated carbocycles. The lowest BCUT2D eigenvalue weighted by molar-refractivity contribution is -0.131. The number of hydrogen-bond donors (Lipinski definition) is 1. The van der Waals surface area contributed by atoms with E-state index in [9.17, 15) is 9.59 Å². The molecule has 0 amide bonds. The zero-order chi connectivity index (χ0) is 11.4. The van der Waals surface area contributed by atoms with Crippen molar-refractivity contribution in [3.8, 4) is 5.75 Å². The quantitative estimate of drug-likeness (QED) is 0.396. The van der Waals surface area contributed by atoms with E-state index in [2.05, 4.69) is 15.9 Å². The van der Waals surface area contributed by atoms with Crippen molar-refractivity contribution in [2.75, 3.05) is 0 Å². The molecule has 1 N–H and O–H groups in total. The van der Waals surface area contributed by atoms with Gasteiger partial charge in [-0.2, -0.15) is 0 Å². The fourth-order valence-electron chi connectivity index (χ4n) is 1.00. The first-order valence-electron chi connectivity index (χ1n) is 4.07. The Labute approximate surface area is 94.9 Å².